The summed E-state index contributed by atoms with van der Waals surface area (Å²) in [6, 6.07) is 0. The van der Waals surface area contributed by atoms with E-state index in [1.807, 2.05) is 0 Å². The van der Waals surface area contributed by atoms with Crippen LogP contribution in [0.3, 0.4) is 0 Å². The van der Waals surface area contributed by atoms with Gasteiger partial charge < -0.3 is 16.2 Å². The number of ether oxygens (including phenoxy) is 1. The van der Waals surface area contributed by atoms with Gasteiger partial charge in [-0.3, -0.25) is 9.59 Å². The number of carbonyl (C=O) groups excluding carboxylic acids is 2. The maximum absolute atomic E-state index is 11.0. The first-order valence-electron chi connectivity index (χ1n) is 4.14. The molecule has 0 amide bonds. The van der Waals surface area contributed by atoms with Gasteiger partial charge in [0.2, 0.25) is 0 Å². The van der Waals surface area contributed by atoms with Gasteiger partial charge in [-0.2, -0.15) is 0 Å². The largest absolute Gasteiger partial charge is 0.360 e. The molecule has 0 aliphatic heterocycles. The summed E-state index contributed by atoms with van der Waals surface area (Å²) in [6.07, 6.45) is -1.29. The van der Waals surface area contributed by atoms with Crippen molar-refractivity contribution in [1.82, 2.24) is 0 Å². The minimum absolute atomic E-state index is 0.0787. The summed E-state index contributed by atoms with van der Waals surface area (Å²) in [4.78, 5) is 21.9. The minimum atomic E-state index is -0.643. The van der Waals surface area contributed by atoms with Crippen LogP contribution >= 0.6 is 0 Å². The van der Waals surface area contributed by atoms with E-state index in [0.29, 0.717) is 0 Å². The van der Waals surface area contributed by atoms with Crippen LogP contribution in [0, 0.1) is 0 Å². The fraction of sp³-hybridized carbons (Fsp3) is 0.750. The quantitative estimate of drug-likeness (QED) is 0.548. The summed E-state index contributed by atoms with van der Waals surface area (Å²) in [6.45, 7) is 2.97. The zero-order valence-corrected chi connectivity index (χ0v) is 7.95. The molecule has 5 heteroatoms. The van der Waals surface area contributed by atoms with E-state index >= 15 is 0 Å². The number of ketones is 2. The summed E-state index contributed by atoms with van der Waals surface area (Å²) in [5.74, 6) is -0.451. The van der Waals surface area contributed by atoms with Crippen LogP contribution < -0.4 is 11.5 Å². The summed E-state index contributed by atoms with van der Waals surface area (Å²) >= 11 is 0. The number of hydrogen-bond donors (Lipinski definition) is 2. The van der Waals surface area contributed by atoms with Crippen molar-refractivity contribution >= 4 is 11.6 Å². The van der Waals surface area contributed by atoms with E-state index in [4.69, 9.17) is 16.2 Å². The summed E-state index contributed by atoms with van der Waals surface area (Å²) in [5, 5.41) is 0. The SMILES string of the molecule is CC(OC(C)C(=O)CN)C(=O)CN. The van der Waals surface area contributed by atoms with Crippen LogP contribution in [0.15, 0.2) is 0 Å². The van der Waals surface area contributed by atoms with Gasteiger partial charge in [-0.15, -0.1) is 0 Å². The van der Waals surface area contributed by atoms with Crippen LogP contribution in [-0.2, 0) is 14.3 Å². The molecule has 0 fully saturated rings. The lowest BCUT2D eigenvalue weighted by atomic mass is 10.2. The molecule has 0 saturated carbocycles. The molecule has 0 saturated heterocycles. The van der Waals surface area contributed by atoms with Crippen LogP contribution in [0.5, 0.6) is 0 Å². The van der Waals surface area contributed by atoms with Crippen LogP contribution in [0.2, 0.25) is 0 Å². The Bertz CT molecular complexity index is 174. The first-order chi connectivity index (χ1) is 6.02. The highest BCUT2D eigenvalue weighted by atomic mass is 16.5. The third-order valence-corrected chi connectivity index (χ3v) is 1.72. The van der Waals surface area contributed by atoms with Gasteiger partial charge in [-0.25, -0.2) is 0 Å². The van der Waals surface area contributed by atoms with Crippen molar-refractivity contribution in [2.45, 2.75) is 26.1 Å². The van der Waals surface area contributed by atoms with Gasteiger partial charge in [0.1, 0.15) is 12.2 Å². The molecule has 76 valence electrons. The first-order valence-corrected chi connectivity index (χ1v) is 4.14. The van der Waals surface area contributed by atoms with E-state index in [1.54, 1.807) is 13.8 Å². The van der Waals surface area contributed by atoms with Crippen molar-refractivity contribution in [3.8, 4) is 0 Å². The third kappa shape index (κ3) is 4.12. The molecule has 2 atom stereocenters. The molecule has 0 aliphatic carbocycles. The fourth-order valence-corrected chi connectivity index (χ4v) is 0.790. The number of hydrogen-bond acceptors (Lipinski definition) is 5. The topological polar surface area (TPSA) is 95.4 Å². The summed E-state index contributed by atoms with van der Waals surface area (Å²) in [5.41, 5.74) is 10.2. The van der Waals surface area contributed by atoms with Crippen molar-refractivity contribution in [3.05, 3.63) is 0 Å². The number of Topliss-reactive ketones (excluding diaryl/α,β-unsaturated/α-hetero) is 2. The summed E-state index contributed by atoms with van der Waals surface area (Å²) < 4.78 is 5.10. The predicted octanol–water partition coefficient (Wildman–Crippen LogP) is -1.16. The van der Waals surface area contributed by atoms with Gasteiger partial charge in [0.15, 0.2) is 11.6 Å². The van der Waals surface area contributed by atoms with Crippen molar-refractivity contribution in [2.75, 3.05) is 13.1 Å². The van der Waals surface area contributed by atoms with E-state index in [2.05, 4.69) is 0 Å². The van der Waals surface area contributed by atoms with Gasteiger partial charge in [0.25, 0.3) is 0 Å². The second kappa shape index (κ2) is 5.80. The molecular formula is C8H16N2O3. The molecule has 0 bridgehead atoms. The standard InChI is InChI=1S/C8H16N2O3/c1-5(7(11)3-9)13-6(2)8(12)4-10/h5-6H,3-4,9-10H2,1-2H3. The molecule has 0 spiro atoms. The molecule has 13 heavy (non-hydrogen) atoms. The Kier molecular flexibility index (Phi) is 5.45. The highest BCUT2D eigenvalue weighted by molar-refractivity contribution is 5.86. The molecule has 0 aromatic carbocycles. The van der Waals surface area contributed by atoms with E-state index in [1.165, 1.54) is 0 Å². The molecule has 0 radical (unpaired) electrons. The van der Waals surface area contributed by atoms with Gasteiger partial charge in [0.05, 0.1) is 13.1 Å². The van der Waals surface area contributed by atoms with E-state index < -0.39 is 12.2 Å². The maximum atomic E-state index is 11.0. The van der Waals surface area contributed by atoms with Crippen molar-refractivity contribution in [2.24, 2.45) is 11.5 Å². The Hall–Kier alpha value is -0.780. The zero-order chi connectivity index (χ0) is 10.4. The second-order valence-corrected chi connectivity index (χ2v) is 2.76. The van der Waals surface area contributed by atoms with Crippen molar-refractivity contribution < 1.29 is 14.3 Å². The Morgan fingerprint density at radius 1 is 1.08 bits per heavy atom. The Labute approximate surface area is 77.4 Å². The van der Waals surface area contributed by atoms with Crippen LogP contribution in [0.1, 0.15) is 13.8 Å². The smallest absolute Gasteiger partial charge is 0.174 e. The Morgan fingerprint density at radius 3 is 1.62 bits per heavy atom. The highest BCUT2D eigenvalue weighted by Crippen LogP contribution is 1.99. The lowest BCUT2D eigenvalue weighted by Crippen LogP contribution is -2.36. The molecule has 0 aliphatic rings. The van der Waals surface area contributed by atoms with Gasteiger partial charge >= 0.3 is 0 Å². The average molecular weight is 188 g/mol. The average Bonchev–Trinajstić information content (AvgIpc) is 2.14. The van der Waals surface area contributed by atoms with Crippen LogP contribution in [0.4, 0.5) is 0 Å². The molecule has 0 heterocycles. The minimum Gasteiger partial charge on any atom is -0.360 e. The first kappa shape index (κ1) is 12.2. The predicted molar refractivity (Wildman–Crippen MR) is 48.1 cm³/mol. The van der Waals surface area contributed by atoms with Gasteiger partial charge in [-0.1, -0.05) is 0 Å². The number of carbonyl (C=O) groups is 2. The summed E-state index contributed by atoms with van der Waals surface area (Å²) in [7, 11) is 0. The Balaban J connectivity index is 3.98. The van der Waals surface area contributed by atoms with E-state index in [0.717, 1.165) is 0 Å². The molecule has 2 unspecified atom stereocenters. The molecule has 4 N–H and O–H groups in total. The third-order valence-electron chi connectivity index (χ3n) is 1.72. The van der Waals surface area contributed by atoms with Crippen molar-refractivity contribution in [1.29, 1.82) is 0 Å². The Morgan fingerprint density at radius 2 is 1.38 bits per heavy atom. The van der Waals surface area contributed by atoms with Crippen LogP contribution in [0.25, 0.3) is 0 Å². The highest BCUT2D eigenvalue weighted by Gasteiger charge is 2.18. The van der Waals surface area contributed by atoms with Gasteiger partial charge in [0, 0.05) is 0 Å². The normalized spacial score (nSPS) is 15.1. The molecule has 5 nitrogen and oxygen atoms in total. The van der Waals surface area contributed by atoms with Crippen molar-refractivity contribution in [3.63, 3.8) is 0 Å². The molecular weight excluding hydrogens is 172 g/mol. The number of nitrogens with two attached hydrogens (primary N) is 2. The fourth-order valence-electron chi connectivity index (χ4n) is 0.790. The van der Waals surface area contributed by atoms with E-state index in [9.17, 15) is 9.59 Å². The monoisotopic (exact) mass is 188 g/mol. The lowest BCUT2D eigenvalue weighted by molar-refractivity contribution is -0.139. The lowest BCUT2D eigenvalue weighted by Gasteiger charge is -2.15. The molecule has 0 aromatic heterocycles. The maximum Gasteiger partial charge on any atom is 0.174 e. The van der Waals surface area contributed by atoms with Crippen LogP contribution in [-0.4, -0.2) is 36.9 Å². The molecule has 0 rings (SSSR count). The van der Waals surface area contributed by atoms with Gasteiger partial charge in [-0.05, 0) is 13.8 Å². The zero-order valence-electron chi connectivity index (χ0n) is 7.95. The number of rotatable bonds is 6. The second-order valence-electron chi connectivity index (χ2n) is 2.76. The molecule has 0 aromatic rings. The van der Waals surface area contributed by atoms with E-state index in [-0.39, 0.29) is 24.7 Å².